The van der Waals surface area contributed by atoms with Gasteiger partial charge in [0, 0.05) is 19.1 Å². The van der Waals surface area contributed by atoms with Crippen molar-refractivity contribution in [2.24, 2.45) is 0 Å². The highest BCUT2D eigenvalue weighted by molar-refractivity contribution is 5.77. The van der Waals surface area contributed by atoms with E-state index in [1.807, 2.05) is 19.0 Å². The third-order valence-corrected chi connectivity index (χ3v) is 3.01. The number of likely N-dealkylation sites (tertiary alicyclic amines) is 1. The molecule has 1 amide bonds. The smallest absolute Gasteiger partial charge is 0.391 e. The van der Waals surface area contributed by atoms with Gasteiger partial charge in [0.2, 0.25) is 5.91 Å². The number of hydrogen-bond donors (Lipinski definition) is 1. The summed E-state index contributed by atoms with van der Waals surface area (Å²) >= 11 is 0. The summed E-state index contributed by atoms with van der Waals surface area (Å²) in [6, 6.07) is -0.102. The number of aliphatic hydroxyl groups is 1. The van der Waals surface area contributed by atoms with Crippen LogP contribution in [-0.4, -0.2) is 79.5 Å². The van der Waals surface area contributed by atoms with Gasteiger partial charge in [-0.15, -0.1) is 0 Å². The molecule has 0 aromatic carbocycles. The van der Waals surface area contributed by atoms with Gasteiger partial charge in [0.25, 0.3) is 0 Å². The first-order chi connectivity index (χ1) is 9.19. The molecule has 5 nitrogen and oxygen atoms in total. The minimum absolute atomic E-state index is 0.102. The number of nitrogens with zero attached hydrogens (tertiary/aromatic N) is 2. The Bertz CT molecular complexity index is 324. The van der Waals surface area contributed by atoms with Gasteiger partial charge < -0.3 is 19.6 Å². The summed E-state index contributed by atoms with van der Waals surface area (Å²) in [6.45, 7) is -0.757. The third-order valence-electron chi connectivity index (χ3n) is 3.01. The van der Waals surface area contributed by atoms with Crippen LogP contribution >= 0.6 is 0 Å². The summed E-state index contributed by atoms with van der Waals surface area (Å²) in [7, 11) is 3.72. The van der Waals surface area contributed by atoms with Crippen LogP contribution in [0.25, 0.3) is 0 Å². The fourth-order valence-corrected chi connectivity index (χ4v) is 2.28. The van der Waals surface area contributed by atoms with Crippen LogP contribution < -0.4 is 0 Å². The third kappa shape index (κ3) is 6.06. The van der Waals surface area contributed by atoms with E-state index in [0.29, 0.717) is 13.0 Å². The van der Waals surface area contributed by atoms with Crippen LogP contribution in [0.5, 0.6) is 0 Å². The molecule has 0 bridgehead atoms. The quantitative estimate of drug-likeness (QED) is 0.725. The molecule has 1 saturated heterocycles. The Morgan fingerprint density at radius 3 is 2.65 bits per heavy atom. The Morgan fingerprint density at radius 2 is 2.10 bits per heavy atom. The van der Waals surface area contributed by atoms with Crippen molar-refractivity contribution in [3.05, 3.63) is 0 Å². The number of rotatable bonds is 6. The molecule has 0 aromatic rings. The minimum Gasteiger partial charge on any atom is -0.391 e. The summed E-state index contributed by atoms with van der Waals surface area (Å²) in [5.74, 6) is -0.282. The average molecular weight is 298 g/mol. The number of ether oxygens (including phenoxy) is 1. The van der Waals surface area contributed by atoms with E-state index in [9.17, 15) is 23.1 Å². The number of hydrogen-bond acceptors (Lipinski definition) is 4. The SMILES string of the molecule is CN(C)CC1CC(O)CN1C(=O)CCOCC(F)(F)F. The highest BCUT2D eigenvalue weighted by atomic mass is 19.4. The van der Waals surface area contributed by atoms with Crippen LogP contribution in [0.4, 0.5) is 13.2 Å². The van der Waals surface area contributed by atoms with Gasteiger partial charge in [0.05, 0.1) is 19.1 Å². The Kier molecular flexibility index (Phi) is 6.22. The Labute approximate surface area is 116 Å². The zero-order valence-corrected chi connectivity index (χ0v) is 11.7. The summed E-state index contributed by atoms with van der Waals surface area (Å²) in [5.41, 5.74) is 0. The first kappa shape index (κ1) is 17.2. The van der Waals surface area contributed by atoms with Crippen molar-refractivity contribution in [2.45, 2.75) is 31.2 Å². The van der Waals surface area contributed by atoms with Gasteiger partial charge in [0.15, 0.2) is 0 Å². The predicted octanol–water partition coefficient (Wildman–Crippen LogP) is 0.479. The highest BCUT2D eigenvalue weighted by Gasteiger charge is 2.34. The monoisotopic (exact) mass is 298 g/mol. The number of aliphatic hydroxyl groups excluding tert-OH is 1. The topological polar surface area (TPSA) is 53.0 Å². The molecule has 0 aromatic heterocycles. The summed E-state index contributed by atoms with van der Waals surface area (Å²) < 4.78 is 40.1. The summed E-state index contributed by atoms with van der Waals surface area (Å²) in [5, 5.41) is 9.62. The normalized spacial score (nSPS) is 23.6. The van der Waals surface area contributed by atoms with Crippen LogP contribution in [-0.2, 0) is 9.53 Å². The predicted molar refractivity (Wildman–Crippen MR) is 66.2 cm³/mol. The second-order valence-corrected chi connectivity index (χ2v) is 5.27. The lowest BCUT2D eigenvalue weighted by molar-refractivity contribution is -0.175. The molecule has 1 aliphatic rings. The van der Waals surface area contributed by atoms with Crippen molar-refractivity contribution in [3.63, 3.8) is 0 Å². The molecule has 0 spiro atoms. The van der Waals surface area contributed by atoms with E-state index in [1.54, 1.807) is 0 Å². The zero-order chi connectivity index (χ0) is 15.3. The summed E-state index contributed by atoms with van der Waals surface area (Å²) in [4.78, 5) is 15.4. The number of carbonyl (C=O) groups is 1. The second kappa shape index (κ2) is 7.24. The number of carbonyl (C=O) groups excluding carboxylic acids is 1. The summed E-state index contributed by atoms with van der Waals surface area (Å²) in [6.07, 6.45) is -4.56. The van der Waals surface area contributed by atoms with Gasteiger partial charge >= 0.3 is 6.18 Å². The van der Waals surface area contributed by atoms with Gasteiger partial charge in [-0.25, -0.2) is 0 Å². The fourth-order valence-electron chi connectivity index (χ4n) is 2.28. The number of likely N-dealkylation sites (N-methyl/N-ethyl adjacent to an activating group) is 1. The van der Waals surface area contributed by atoms with Gasteiger partial charge in [-0.3, -0.25) is 4.79 Å². The van der Waals surface area contributed by atoms with Gasteiger partial charge in [-0.1, -0.05) is 0 Å². The maximum absolute atomic E-state index is 11.9. The molecular formula is C12H21F3N2O3. The lowest BCUT2D eigenvalue weighted by Crippen LogP contribution is -2.41. The first-order valence-electron chi connectivity index (χ1n) is 6.46. The van der Waals surface area contributed by atoms with Crippen LogP contribution in [0.1, 0.15) is 12.8 Å². The number of β-amino-alcohol motifs (C(OH)–C–C–N with tert-alkyl or cyclic N) is 1. The average Bonchev–Trinajstić information content (AvgIpc) is 2.63. The Balaban J connectivity index is 2.37. The molecule has 1 heterocycles. The molecule has 8 heteroatoms. The van der Waals surface area contributed by atoms with Crippen molar-refractivity contribution in [3.8, 4) is 0 Å². The molecule has 2 unspecified atom stereocenters. The molecule has 0 aliphatic carbocycles. The van der Waals surface area contributed by atoms with Crippen molar-refractivity contribution in [1.29, 1.82) is 0 Å². The number of halogens is 3. The second-order valence-electron chi connectivity index (χ2n) is 5.27. The van der Waals surface area contributed by atoms with Crippen LogP contribution in [0.2, 0.25) is 0 Å². The van der Waals surface area contributed by atoms with E-state index in [-0.39, 0.29) is 31.5 Å². The van der Waals surface area contributed by atoms with Crippen molar-refractivity contribution in [1.82, 2.24) is 9.80 Å². The maximum atomic E-state index is 11.9. The molecule has 118 valence electrons. The molecule has 1 N–H and O–H groups in total. The van der Waals surface area contributed by atoms with Crippen molar-refractivity contribution < 1.29 is 27.8 Å². The van der Waals surface area contributed by atoms with E-state index >= 15 is 0 Å². The molecule has 1 rings (SSSR count). The van der Waals surface area contributed by atoms with Gasteiger partial charge in [-0.05, 0) is 20.5 Å². The molecule has 1 aliphatic heterocycles. The van der Waals surface area contributed by atoms with E-state index in [1.165, 1.54) is 4.90 Å². The lowest BCUT2D eigenvalue weighted by Gasteiger charge is -2.26. The van der Waals surface area contributed by atoms with E-state index in [4.69, 9.17) is 0 Å². The molecule has 1 fully saturated rings. The molecular weight excluding hydrogens is 277 g/mol. The molecule has 0 saturated carbocycles. The standard InChI is InChI=1S/C12H21F3N2O3/c1-16(2)6-9-5-10(18)7-17(9)11(19)3-4-20-8-12(13,14)15/h9-10,18H,3-8H2,1-2H3. The lowest BCUT2D eigenvalue weighted by atomic mass is 10.2. The van der Waals surface area contributed by atoms with Crippen LogP contribution in [0.3, 0.4) is 0 Å². The Morgan fingerprint density at radius 1 is 1.45 bits per heavy atom. The first-order valence-corrected chi connectivity index (χ1v) is 6.46. The van der Waals surface area contributed by atoms with Crippen molar-refractivity contribution in [2.75, 3.05) is 40.4 Å². The van der Waals surface area contributed by atoms with Crippen LogP contribution in [0.15, 0.2) is 0 Å². The largest absolute Gasteiger partial charge is 0.411 e. The maximum Gasteiger partial charge on any atom is 0.411 e. The number of alkyl halides is 3. The molecule has 20 heavy (non-hydrogen) atoms. The highest BCUT2D eigenvalue weighted by Crippen LogP contribution is 2.20. The van der Waals surface area contributed by atoms with E-state index in [2.05, 4.69) is 4.74 Å². The molecule has 2 atom stereocenters. The van der Waals surface area contributed by atoms with E-state index in [0.717, 1.165) is 0 Å². The van der Waals surface area contributed by atoms with Crippen LogP contribution in [0, 0.1) is 0 Å². The Hall–Kier alpha value is -0.860. The zero-order valence-electron chi connectivity index (χ0n) is 11.7. The fraction of sp³-hybridized carbons (Fsp3) is 0.917. The molecule has 0 radical (unpaired) electrons. The van der Waals surface area contributed by atoms with E-state index < -0.39 is 18.9 Å². The van der Waals surface area contributed by atoms with Gasteiger partial charge in [0.1, 0.15) is 6.61 Å². The minimum atomic E-state index is -4.37. The van der Waals surface area contributed by atoms with Gasteiger partial charge in [-0.2, -0.15) is 13.2 Å². The number of amides is 1. The van der Waals surface area contributed by atoms with Crippen molar-refractivity contribution >= 4 is 5.91 Å².